The molecule has 6 heteroatoms. The molecule has 0 saturated carbocycles. The minimum atomic E-state index is -0.215. The lowest BCUT2D eigenvalue weighted by Crippen LogP contribution is -2.52. The molecule has 5 nitrogen and oxygen atoms in total. The fourth-order valence-electron chi connectivity index (χ4n) is 3.21. The number of piperazine rings is 1. The molecule has 0 spiro atoms. The third-order valence-electron chi connectivity index (χ3n) is 4.80. The van der Waals surface area contributed by atoms with E-state index in [0.29, 0.717) is 11.4 Å². The van der Waals surface area contributed by atoms with Crippen LogP contribution in [0.5, 0.6) is 5.75 Å². The van der Waals surface area contributed by atoms with Crippen molar-refractivity contribution >= 4 is 28.9 Å². The van der Waals surface area contributed by atoms with Crippen LogP contribution in [0.3, 0.4) is 0 Å². The van der Waals surface area contributed by atoms with Gasteiger partial charge in [0.25, 0.3) is 0 Å². The van der Waals surface area contributed by atoms with Crippen molar-refractivity contribution in [1.82, 2.24) is 4.90 Å². The van der Waals surface area contributed by atoms with E-state index in [2.05, 4.69) is 15.1 Å². The lowest BCUT2D eigenvalue weighted by atomic mass is 10.2. The number of para-hydroxylation sites is 3. The monoisotopic (exact) mass is 373 g/mol. The SMILES string of the molecule is COc1ccccc1NC(=O)C(C)N1CCN(c2ccccc2Cl)CC1. The Labute approximate surface area is 159 Å². The third kappa shape index (κ3) is 4.11. The minimum Gasteiger partial charge on any atom is -0.495 e. The summed E-state index contributed by atoms with van der Waals surface area (Å²) in [7, 11) is 1.60. The molecule has 1 unspecified atom stereocenters. The van der Waals surface area contributed by atoms with Crippen LogP contribution in [0.15, 0.2) is 48.5 Å². The normalized spacial score (nSPS) is 16.2. The fraction of sp³-hybridized carbons (Fsp3) is 0.350. The predicted molar refractivity (Wildman–Crippen MR) is 106 cm³/mol. The van der Waals surface area contributed by atoms with Gasteiger partial charge in [-0.3, -0.25) is 9.69 Å². The van der Waals surface area contributed by atoms with Crippen LogP contribution in [0.1, 0.15) is 6.92 Å². The van der Waals surface area contributed by atoms with Crippen molar-refractivity contribution in [2.24, 2.45) is 0 Å². The zero-order chi connectivity index (χ0) is 18.5. The van der Waals surface area contributed by atoms with Crippen LogP contribution >= 0.6 is 11.6 Å². The largest absolute Gasteiger partial charge is 0.495 e. The molecule has 3 rings (SSSR count). The summed E-state index contributed by atoms with van der Waals surface area (Å²) in [5, 5.41) is 3.74. The number of halogens is 1. The molecule has 1 N–H and O–H groups in total. The Morgan fingerprint density at radius 1 is 1.08 bits per heavy atom. The van der Waals surface area contributed by atoms with Crippen molar-refractivity contribution < 1.29 is 9.53 Å². The summed E-state index contributed by atoms with van der Waals surface area (Å²) in [6.07, 6.45) is 0. The summed E-state index contributed by atoms with van der Waals surface area (Å²) in [5.74, 6) is 0.636. The van der Waals surface area contributed by atoms with Gasteiger partial charge >= 0.3 is 0 Å². The summed E-state index contributed by atoms with van der Waals surface area (Å²) in [5.41, 5.74) is 1.75. The molecule has 1 amide bonds. The molecule has 26 heavy (non-hydrogen) atoms. The number of methoxy groups -OCH3 is 1. The molecule has 1 saturated heterocycles. The van der Waals surface area contributed by atoms with Crippen molar-refractivity contribution in [2.45, 2.75) is 13.0 Å². The topological polar surface area (TPSA) is 44.8 Å². The van der Waals surface area contributed by atoms with E-state index >= 15 is 0 Å². The Bertz CT molecular complexity index is 760. The van der Waals surface area contributed by atoms with E-state index in [0.717, 1.165) is 36.9 Å². The number of carbonyl (C=O) groups excluding carboxylic acids is 1. The van der Waals surface area contributed by atoms with Gasteiger partial charge in [-0.05, 0) is 31.2 Å². The lowest BCUT2D eigenvalue weighted by Gasteiger charge is -2.38. The highest BCUT2D eigenvalue weighted by atomic mass is 35.5. The predicted octanol–water partition coefficient (Wildman–Crippen LogP) is 3.50. The molecule has 0 aromatic heterocycles. The first kappa shape index (κ1) is 18.5. The quantitative estimate of drug-likeness (QED) is 0.871. The number of rotatable bonds is 5. The van der Waals surface area contributed by atoms with Gasteiger partial charge in [-0.1, -0.05) is 35.9 Å². The second-order valence-corrected chi connectivity index (χ2v) is 6.75. The van der Waals surface area contributed by atoms with E-state index in [1.165, 1.54) is 0 Å². The van der Waals surface area contributed by atoms with E-state index < -0.39 is 0 Å². The summed E-state index contributed by atoms with van der Waals surface area (Å²) in [4.78, 5) is 17.1. The van der Waals surface area contributed by atoms with Gasteiger partial charge < -0.3 is 15.0 Å². The van der Waals surface area contributed by atoms with E-state index in [1.54, 1.807) is 7.11 Å². The van der Waals surface area contributed by atoms with Crippen molar-refractivity contribution in [2.75, 3.05) is 43.5 Å². The molecule has 1 fully saturated rings. The first-order chi connectivity index (χ1) is 12.6. The number of hydrogen-bond acceptors (Lipinski definition) is 4. The van der Waals surface area contributed by atoms with Crippen LogP contribution in [-0.4, -0.2) is 50.1 Å². The zero-order valence-electron chi connectivity index (χ0n) is 15.1. The molecule has 1 heterocycles. The molecule has 0 bridgehead atoms. The van der Waals surface area contributed by atoms with Gasteiger partial charge in [0, 0.05) is 26.2 Å². The number of amides is 1. The molecule has 138 valence electrons. The van der Waals surface area contributed by atoms with Crippen LogP contribution in [0.4, 0.5) is 11.4 Å². The van der Waals surface area contributed by atoms with Crippen LogP contribution in [0.25, 0.3) is 0 Å². The zero-order valence-corrected chi connectivity index (χ0v) is 15.9. The van der Waals surface area contributed by atoms with Gasteiger partial charge in [-0.25, -0.2) is 0 Å². The molecular weight excluding hydrogens is 350 g/mol. The third-order valence-corrected chi connectivity index (χ3v) is 5.12. The van der Waals surface area contributed by atoms with Crippen molar-refractivity contribution in [3.63, 3.8) is 0 Å². The fourth-order valence-corrected chi connectivity index (χ4v) is 3.46. The maximum absolute atomic E-state index is 12.6. The van der Waals surface area contributed by atoms with Crippen LogP contribution < -0.4 is 15.0 Å². The lowest BCUT2D eigenvalue weighted by molar-refractivity contribution is -0.120. The Hall–Kier alpha value is -2.24. The molecule has 2 aromatic rings. The van der Waals surface area contributed by atoms with Gasteiger partial charge in [-0.2, -0.15) is 0 Å². The van der Waals surface area contributed by atoms with Crippen molar-refractivity contribution in [3.8, 4) is 5.75 Å². The van der Waals surface area contributed by atoms with E-state index in [9.17, 15) is 4.79 Å². The van der Waals surface area contributed by atoms with Gasteiger partial charge in [0.15, 0.2) is 0 Å². The smallest absolute Gasteiger partial charge is 0.241 e. The molecule has 0 aliphatic carbocycles. The Morgan fingerprint density at radius 2 is 1.73 bits per heavy atom. The van der Waals surface area contributed by atoms with Gasteiger partial charge in [0.05, 0.1) is 29.5 Å². The summed E-state index contributed by atoms with van der Waals surface area (Å²) >= 11 is 6.29. The summed E-state index contributed by atoms with van der Waals surface area (Å²) in [6, 6.07) is 15.1. The van der Waals surface area contributed by atoms with Gasteiger partial charge in [0.2, 0.25) is 5.91 Å². The Balaban J connectivity index is 1.59. The maximum Gasteiger partial charge on any atom is 0.241 e. The van der Waals surface area contributed by atoms with Gasteiger partial charge in [0.1, 0.15) is 5.75 Å². The summed E-state index contributed by atoms with van der Waals surface area (Å²) in [6.45, 7) is 5.25. The molecule has 1 aliphatic heterocycles. The Kier molecular flexibility index (Phi) is 6.01. The van der Waals surface area contributed by atoms with E-state index in [4.69, 9.17) is 16.3 Å². The van der Waals surface area contributed by atoms with Crippen molar-refractivity contribution in [3.05, 3.63) is 53.6 Å². The van der Waals surface area contributed by atoms with Crippen molar-refractivity contribution in [1.29, 1.82) is 0 Å². The average molecular weight is 374 g/mol. The number of hydrogen-bond donors (Lipinski definition) is 1. The van der Waals surface area contributed by atoms with Crippen LogP contribution in [0, 0.1) is 0 Å². The number of carbonyl (C=O) groups is 1. The molecule has 2 aromatic carbocycles. The first-order valence-corrected chi connectivity index (χ1v) is 9.15. The Morgan fingerprint density at radius 3 is 2.42 bits per heavy atom. The standard InChI is InChI=1S/C20H24ClN3O2/c1-15(20(25)22-17-8-4-6-10-19(17)26-2)23-11-13-24(14-12-23)18-9-5-3-7-16(18)21/h3-10,15H,11-14H2,1-2H3,(H,22,25). The molecule has 1 atom stereocenters. The summed E-state index contributed by atoms with van der Waals surface area (Å²) < 4.78 is 5.30. The highest BCUT2D eigenvalue weighted by molar-refractivity contribution is 6.33. The maximum atomic E-state index is 12.6. The average Bonchev–Trinajstić information content (AvgIpc) is 2.68. The number of nitrogens with zero attached hydrogens (tertiary/aromatic N) is 2. The molecule has 0 radical (unpaired) electrons. The highest BCUT2D eigenvalue weighted by Gasteiger charge is 2.26. The number of anilines is 2. The number of ether oxygens (including phenoxy) is 1. The van der Waals surface area contributed by atoms with E-state index in [-0.39, 0.29) is 11.9 Å². The number of benzene rings is 2. The second-order valence-electron chi connectivity index (χ2n) is 6.34. The van der Waals surface area contributed by atoms with E-state index in [1.807, 2.05) is 55.5 Å². The van der Waals surface area contributed by atoms with Crippen LogP contribution in [-0.2, 0) is 4.79 Å². The highest BCUT2D eigenvalue weighted by Crippen LogP contribution is 2.27. The number of nitrogens with one attached hydrogen (secondary N) is 1. The van der Waals surface area contributed by atoms with Crippen LogP contribution in [0.2, 0.25) is 5.02 Å². The second kappa shape index (κ2) is 8.43. The first-order valence-electron chi connectivity index (χ1n) is 8.77. The molecule has 1 aliphatic rings. The minimum absolute atomic E-state index is 0.0271. The molecular formula is C20H24ClN3O2. The van der Waals surface area contributed by atoms with Gasteiger partial charge in [-0.15, -0.1) is 0 Å².